The van der Waals surface area contributed by atoms with Crippen molar-refractivity contribution in [3.63, 3.8) is 0 Å². The summed E-state index contributed by atoms with van der Waals surface area (Å²) in [5, 5.41) is 7.79. The van der Waals surface area contributed by atoms with E-state index in [1.807, 2.05) is 16.9 Å². The van der Waals surface area contributed by atoms with Gasteiger partial charge in [0, 0.05) is 62.4 Å². The zero-order valence-electron chi connectivity index (χ0n) is 17.5. The molecule has 6 rings (SSSR count). The molecule has 9 heteroatoms. The van der Waals surface area contributed by atoms with E-state index in [0.717, 1.165) is 42.5 Å². The molecule has 9 nitrogen and oxygen atoms in total. The van der Waals surface area contributed by atoms with E-state index in [1.54, 1.807) is 6.33 Å². The van der Waals surface area contributed by atoms with Gasteiger partial charge in [0.2, 0.25) is 0 Å². The van der Waals surface area contributed by atoms with E-state index in [4.69, 9.17) is 0 Å². The Hall–Kier alpha value is -3.17. The van der Waals surface area contributed by atoms with Gasteiger partial charge in [-0.05, 0) is 43.0 Å². The molecule has 31 heavy (non-hydrogen) atoms. The van der Waals surface area contributed by atoms with Crippen LogP contribution in [0.1, 0.15) is 18.5 Å². The lowest BCUT2D eigenvalue weighted by molar-refractivity contribution is 0.248. The van der Waals surface area contributed by atoms with Crippen LogP contribution in [0, 0.1) is 5.92 Å². The highest BCUT2D eigenvalue weighted by Crippen LogP contribution is 2.30. The minimum atomic E-state index is 0.696. The number of anilines is 3. The Morgan fingerprint density at radius 1 is 1.03 bits per heavy atom. The lowest BCUT2D eigenvalue weighted by Crippen LogP contribution is -2.47. The standard InChI is InChI=1S/C22H27N9/c1-2-16(1)14-29-7-9-30(10-8-29)19-5-3-18(4-6-19)28-21-22-24-15-27-31(22)20(13-23-21)17-11-25-26-12-17/h3-6,11,13,15-16,25-26H,1-2,7-10,12,14H2,(H,23,28). The van der Waals surface area contributed by atoms with Gasteiger partial charge in [-0.3, -0.25) is 4.90 Å². The van der Waals surface area contributed by atoms with E-state index >= 15 is 0 Å². The topological polar surface area (TPSA) is 85.7 Å². The summed E-state index contributed by atoms with van der Waals surface area (Å²) >= 11 is 0. The monoisotopic (exact) mass is 417 g/mol. The van der Waals surface area contributed by atoms with Crippen LogP contribution in [-0.2, 0) is 0 Å². The minimum absolute atomic E-state index is 0.696. The Balaban J connectivity index is 1.15. The van der Waals surface area contributed by atoms with Crippen LogP contribution in [0.15, 0.2) is 43.0 Å². The average molecular weight is 418 g/mol. The van der Waals surface area contributed by atoms with Crippen LogP contribution in [-0.4, -0.2) is 63.8 Å². The van der Waals surface area contributed by atoms with Crippen molar-refractivity contribution in [2.75, 3.05) is 49.5 Å². The quantitative estimate of drug-likeness (QED) is 0.560. The summed E-state index contributed by atoms with van der Waals surface area (Å²) in [5.74, 6) is 1.67. The van der Waals surface area contributed by atoms with Gasteiger partial charge < -0.3 is 15.6 Å². The van der Waals surface area contributed by atoms with Crippen molar-refractivity contribution in [2.24, 2.45) is 5.92 Å². The van der Waals surface area contributed by atoms with Crippen LogP contribution >= 0.6 is 0 Å². The van der Waals surface area contributed by atoms with E-state index in [-0.39, 0.29) is 0 Å². The molecule has 2 fully saturated rings. The van der Waals surface area contributed by atoms with Crippen LogP contribution in [0.5, 0.6) is 0 Å². The maximum absolute atomic E-state index is 4.62. The van der Waals surface area contributed by atoms with E-state index in [0.29, 0.717) is 11.5 Å². The molecule has 1 aliphatic carbocycles. The van der Waals surface area contributed by atoms with E-state index in [1.165, 1.54) is 38.2 Å². The molecule has 3 N–H and O–H groups in total. The van der Waals surface area contributed by atoms with Gasteiger partial charge in [-0.2, -0.15) is 5.10 Å². The summed E-state index contributed by atoms with van der Waals surface area (Å²) < 4.78 is 1.82. The third-order valence-corrected chi connectivity index (χ3v) is 6.34. The summed E-state index contributed by atoms with van der Waals surface area (Å²) in [5.41, 5.74) is 11.1. The van der Waals surface area contributed by atoms with Crippen LogP contribution in [0.2, 0.25) is 0 Å². The Bertz CT molecular complexity index is 1090. The van der Waals surface area contributed by atoms with Crippen molar-refractivity contribution in [1.29, 1.82) is 0 Å². The highest BCUT2D eigenvalue weighted by Gasteiger charge is 2.26. The Labute approximate surface area is 181 Å². The van der Waals surface area contributed by atoms with Crippen molar-refractivity contribution >= 4 is 28.4 Å². The molecule has 4 heterocycles. The Morgan fingerprint density at radius 2 is 1.87 bits per heavy atom. The molecular weight excluding hydrogens is 390 g/mol. The van der Waals surface area contributed by atoms with E-state index < -0.39 is 0 Å². The molecule has 0 radical (unpaired) electrons. The molecule has 2 aromatic heterocycles. The second-order valence-electron chi connectivity index (χ2n) is 8.56. The van der Waals surface area contributed by atoms with Crippen LogP contribution in [0.4, 0.5) is 17.2 Å². The fraction of sp³-hybridized carbons (Fsp3) is 0.409. The molecule has 0 amide bonds. The van der Waals surface area contributed by atoms with E-state index in [9.17, 15) is 0 Å². The lowest BCUT2D eigenvalue weighted by Gasteiger charge is -2.36. The zero-order chi connectivity index (χ0) is 20.6. The fourth-order valence-electron chi connectivity index (χ4n) is 4.37. The smallest absolute Gasteiger partial charge is 0.199 e. The van der Waals surface area contributed by atoms with Gasteiger partial charge in [-0.1, -0.05) is 0 Å². The van der Waals surface area contributed by atoms with Crippen molar-refractivity contribution in [1.82, 2.24) is 35.3 Å². The first-order valence-corrected chi connectivity index (χ1v) is 11.0. The molecule has 160 valence electrons. The first kappa shape index (κ1) is 18.6. The number of piperazine rings is 1. The molecular formula is C22H27N9. The van der Waals surface area contributed by atoms with Gasteiger partial charge in [0.25, 0.3) is 0 Å². The zero-order valence-corrected chi connectivity index (χ0v) is 17.5. The predicted molar refractivity (Wildman–Crippen MR) is 121 cm³/mol. The summed E-state index contributed by atoms with van der Waals surface area (Å²) in [4.78, 5) is 14.1. The van der Waals surface area contributed by atoms with Crippen molar-refractivity contribution < 1.29 is 0 Å². The number of aromatic nitrogens is 4. The molecule has 1 saturated carbocycles. The first-order valence-electron chi connectivity index (χ1n) is 11.0. The Morgan fingerprint density at radius 3 is 2.61 bits per heavy atom. The maximum Gasteiger partial charge on any atom is 0.199 e. The molecule has 3 aromatic rings. The van der Waals surface area contributed by atoms with Gasteiger partial charge in [0.1, 0.15) is 6.33 Å². The number of rotatable bonds is 6. The number of nitrogens with one attached hydrogen (secondary N) is 3. The van der Waals surface area contributed by atoms with Crippen molar-refractivity contribution in [2.45, 2.75) is 12.8 Å². The second-order valence-corrected chi connectivity index (χ2v) is 8.56. The fourth-order valence-corrected chi connectivity index (χ4v) is 4.37. The molecule has 1 saturated heterocycles. The number of nitrogens with zero attached hydrogens (tertiary/aromatic N) is 6. The summed E-state index contributed by atoms with van der Waals surface area (Å²) in [6.45, 7) is 6.55. The number of fused-ring (bicyclic) bond motifs is 1. The first-order chi connectivity index (χ1) is 15.3. The molecule has 2 aliphatic heterocycles. The molecule has 0 atom stereocenters. The molecule has 1 aromatic carbocycles. The summed E-state index contributed by atoms with van der Waals surface area (Å²) in [6.07, 6.45) is 8.18. The highest BCUT2D eigenvalue weighted by molar-refractivity contribution is 5.74. The maximum atomic E-state index is 4.62. The molecule has 0 unspecified atom stereocenters. The van der Waals surface area contributed by atoms with Gasteiger partial charge in [0.05, 0.1) is 11.9 Å². The minimum Gasteiger partial charge on any atom is -0.369 e. The molecule has 3 aliphatic rings. The number of hydrazine groups is 1. The van der Waals surface area contributed by atoms with Gasteiger partial charge in [0.15, 0.2) is 11.5 Å². The van der Waals surface area contributed by atoms with Gasteiger partial charge in [-0.15, -0.1) is 0 Å². The Kier molecular flexibility index (Phi) is 4.69. The number of benzene rings is 1. The number of hydrogen-bond donors (Lipinski definition) is 3. The average Bonchev–Trinajstić information content (AvgIpc) is 3.26. The van der Waals surface area contributed by atoms with Crippen LogP contribution in [0.3, 0.4) is 0 Å². The number of hydrogen-bond acceptors (Lipinski definition) is 8. The second kappa shape index (κ2) is 7.82. The largest absolute Gasteiger partial charge is 0.369 e. The summed E-state index contributed by atoms with van der Waals surface area (Å²) in [6, 6.07) is 8.60. The third kappa shape index (κ3) is 3.82. The van der Waals surface area contributed by atoms with E-state index in [2.05, 4.69) is 65.3 Å². The van der Waals surface area contributed by atoms with Crippen molar-refractivity contribution in [3.8, 4) is 0 Å². The normalized spacial score (nSPS) is 19.5. The summed E-state index contributed by atoms with van der Waals surface area (Å²) in [7, 11) is 0. The van der Waals surface area contributed by atoms with Crippen LogP contribution in [0.25, 0.3) is 11.2 Å². The molecule has 0 bridgehead atoms. The SMILES string of the molecule is C1=C(c2cnc(Nc3ccc(N4CCN(CC5CC5)CC4)cc3)c3ncnn23)CNN1. The van der Waals surface area contributed by atoms with Gasteiger partial charge >= 0.3 is 0 Å². The molecule has 0 spiro atoms. The van der Waals surface area contributed by atoms with Gasteiger partial charge in [-0.25, -0.2) is 19.9 Å². The lowest BCUT2D eigenvalue weighted by atomic mass is 10.2. The van der Waals surface area contributed by atoms with Crippen LogP contribution < -0.4 is 21.1 Å². The predicted octanol–water partition coefficient (Wildman–Crippen LogP) is 1.85. The third-order valence-electron chi connectivity index (χ3n) is 6.34. The van der Waals surface area contributed by atoms with Crippen molar-refractivity contribution in [3.05, 3.63) is 48.7 Å². The highest BCUT2D eigenvalue weighted by atomic mass is 15.4.